The van der Waals surface area contributed by atoms with E-state index in [1.54, 1.807) is 0 Å². The van der Waals surface area contributed by atoms with Crippen LogP contribution < -0.4 is 10.6 Å². The maximum atomic E-state index is 11.5. The number of rotatable bonds is 2. The van der Waals surface area contributed by atoms with E-state index < -0.39 is 0 Å². The van der Waals surface area contributed by atoms with E-state index in [0.717, 1.165) is 38.8 Å². The monoisotopic (exact) mass is 218 g/mol. The second-order valence-corrected chi connectivity index (χ2v) is 4.57. The quantitative estimate of drug-likeness (QED) is 0.728. The SMILES string of the molecule is CC1(NC(=O)C2CC2)CCNCC1.Cl. The van der Waals surface area contributed by atoms with Gasteiger partial charge in [-0.1, -0.05) is 0 Å². The summed E-state index contributed by atoms with van der Waals surface area (Å²) in [5.41, 5.74) is 0.0604. The van der Waals surface area contributed by atoms with E-state index in [4.69, 9.17) is 0 Å². The highest BCUT2D eigenvalue weighted by Gasteiger charge is 2.35. The summed E-state index contributed by atoms with van der Waals surface area (Å²) in [6, 6.07) is 0. The highest BCUT2D eigenvalue weighted by molar-refractivity contribution is 5.85. The predicted molar refractivity (Wildman–Crippen MR) is 58.6 cm³/mol. The van der Waals surface area contributed by atoms with Crippen LogP contribution in [-0.4, -0.2) is 24.5 Å². The van der Waals surface area contributed by atoms with Crippen LogP contribution in [0, 0.1) is 5.92 Å². The van der Waals surface area contributed by atoms with Crippen molar-refractivity contribution in [2.45, 2.75) is 38.1 Å². The highest BCUT2D eigenvalue weighted by atomic mass is 35.5. The number of amides is 1. The van der Waals surface area contributed by atoms with Gasteiger partial charge in [-0.05, 0) is 45.7 Å². The van der Waals surface area contributed by atoms with Gasteiger partial charge in [-0.15, -0.1) is 12.4 Å². The zero-order valence-electron chi connectivity index (χ0n) is 8.64. The molecule has 3 nitrogen and oxygen atoms in total. The predicted octanol–water partition coefficient (Wildman–Crippen LogP) is 1.08. The minimum absolute atomic E-state index is 0. The number of carbonyl (C=O) groups is 1. The summed E-state index contributed by atoms with van der Waals surface area (Å²) in [6.45, 7) is 4.22. The van der Waals surface area contributed by atoms with Gasteiger partial charge in [0.05, 0.1) is 0 Å². The lowest BCUT2D eigenvalue weighted by atomic mass is 9.90. The molecule has 0 bridgehead atoms. The molecule has 1 heterocycles. The maximum absolute atomic E-state index is 11.5. The van der Waals surface area contributed by atoms with Crippen LogP contribution in [-0.2, 0) is 4.79 Å². The molecule has 1 saturated carbocycles. The summed E-state index contributed by atoms with van der Waals surface area (Å²) in [6.07, 6.45) is 4.32. The molecule has 14 heavy (non-hydrogen) atoms. The third kappa shape index (κ3) is 2.85. The Morgan fingerprint density at radius 1 is 1.36 bits per heavy atom. The fraction of sp³-hybridized carbons (Fsp3) is 0.900. The Bertz CT molecular complexity index is 210. The molecule has 0 radical (unpaired) electrons. The Morgan fingerprint density at radius 3 is 2.43 bits per heavy atom. The van der Waals surface area contributed by atoms with Crippen LogP contribution in [0.4, 0.5) is 0 Å². The second-order valence-electron chi connectivity index (χ2n) is 4.57. The van der Waals surface area contributed by atoms with Crippen molar-refractivity contribution in [3.8, 4) is 0 Å². The Hall–Kier alpha value is -0.280. The Labute approximate surface area is 91.4 Å². The van der Waals surface area contributed by atoms with Gasteiger partial charge in [-0.2, -0.15) is 0 Å². The smallest absolute Gasteiger partial charge is 0.223 e. The number of carbonyl (C=O) groups excluding carboxylic acids is 1. The van der Waals surface area contributed by atoms with Crippen molar-refractivity contribution >= 4 is 18.3 Å². The molecule has 4 heteroatoms. The Morgan fingerprint density at radius 2 is 1.93 bits per heavy atom. The third-order valence-corrected chi connectivity index (χ3v) is 3.08. The lowest BCUT2D eigenvalue weighted by molar-refractivity contribution is -0.124. The molecular formula is C10H19ClN2O. The van der Waals surface area contributed by atoms with Crippen molar-refractivity contribution in [3.63, 3.8) is 0 Å². The molecule has 0 unspecified atom stereocenters. The van der Waals surface area contributed by atoms with Crippen molar-refractivity contribution in [2.75, 3.05) is 13.1 Å². The molecule has 2 rings (SSSR count). The zero-order valence-corrected chi connectivity index (χ0v) is 9.45. The van der Waals surface area contributed by atoms with Crippen LogP contribution in [0.15, 0.2) is 0 Å². The summed E-state index contributed by atoms with van der Waals surface area (Å²) in [5.74, 6) is 0.621. The molecule has 0 spiro atoms. The first kappa shape index (κ1) is 11.8. The van der Waals surface area contributed by atoms with Crippen LogP contribution in [0.3, 0.4) is 0 Å². The first-order chi connectivity index (χ1) is 6.20. The molecule has 0 aromatic carbocycles. The van der Waals surface area contributed by atoms with Gasteiger partial charge in [0.25, 0.3) is 0 Å². The summed E-state index contributed by atoms with van der Waals surface area (Å²) < 4.78 is 0. The number of hydrogen-bond donors (Lipinski definition) is 2. The lowest BCUT2D eigenvalue weighted by Gasteiger charge is -2.35. The first-order valence-corrected chi connectivity index (χ1v) is 5.22. The molecule has 2 fully saturated rings. The van der Waals surface area contributed by atoms with E-state index in [0.29, 0.717) is 5.92 Å². The van der Waals surface area contributed by atoms with Gasteiger partial charge in [0, 0.05) is 11.5 Å². The molecule has 1 saturated heterocycles. The van der Waals surface area contributed by atoms with Gasteiger partial charge in [-0.3, -0.25) is 4.79 Å². The molecule has 0 atom stereocenters. The fourth-order valence-electron chi connectivity index (χ4n) is 1.85. The van der Waals surface area contributed by atoms with E-state index >= 15 is 0 Å². The van der Waals surface area contributed by atoms with Crippen LogP contribution in [0.25, 0.3) is 0 Å². The Balaban J connectivity index is 0.000000980. The molecule has 2 aliphatic rings. The van der Waals surface area contributed by atoms with Crippen molar-refractivity contribution in [1.82, 2.24) is 10.6 Å². The number of hydrogen-bond acceptors (Lipinski definition) is 2. The van der Waals surface area contributed by atoms with E-state index in [-0.39, 0.29) is 23.9 Å². The van der Waals surface area contributed by atoms with Crippen LogP contribution >= 0.6 is 12.4 Å². The molecule has 1 aliphatic carbocycles. The van der Waals surface area contributed by atoms with Gasteiger partial charge in [0.1, 0.15) is 0 Å². The highest BCUT2D eigenvalue weighted by Crippen LogP contribution is 2.30. The van der Waals surface area contributed by atoms with E-state index in [2.05, 4.69) is 17.6 Å². The van der Waals surface area contributed by atoms with Gasteiger partial charge in [0.2, 0.25) is 5.91 Å². The molecule has 2 N–H and O–H groups in total. The number of halogens is 1. The minimum Gasteiger partial charge on any atom is -0.351 e. The summed E-state index contributed by atoms with van der Waals surface area (Å²) in [7, 11) is 0. The minimum atomic E-state index is 0. The average molecular weight is 219 g/mol. The number of nitrogens with one attached hydrogen (secondary N) is 2. The normalized spacial score (nSPS) is 24.9. The Kier molecular flexibility index (Phi) is 3.78. The van der Waals surface area contributed by atoms with Gasteiger partial charge >= 0.3 is 0 Å². The molecule has 0 aromatic heterocycles. The summed E-state index contributed by atoms with van der Waals surface area (Å²) in [4.78, 5) is 11.5. The summed E-state index contributed by atoms with van der Waals surface area (Å²) >= 11 is 0. The molecule has 82 valence electrons. The van der Waals surface area contributed by atoms with Crippen molar-refractivity contribution < 1.29 is 4.79 Å². The van der Waals surface area contributed by atoms with Gasteiger partial charge < -0.3 is 10.6 Å². The second kappa shape index (κ2) is 4.49. The molecular weight excluding hydrogens is 200 g/mol. The third-order valence-electron chi connectivity index (χ3n) is 3.08. The van der Waals surface area contributed by atoms with Crippen molar-refractivity contribution in [2.24, 2.45) is 5.92 Å². The average Bonchev–Trinajstić information content (AvgIpc) is 2.86. The zero-order chi connectivity index (χ0) is 9.31. The van der Waals surface area contributed by atoms with Gasteiger partial charge in [0.15, 0.2) is 0 Å². The standard InChI is InChI=1S/C10H18N2O.ClH/c1-10(4-6-11-7-5-10)12-9(13)8-2-3-8;/h8,11H,2-7H2,1H3,(H,12,13);1H. The van der Waals surface area contributed by atoms with E-state index in [9.17, 15) is 4.79 Å². The number of piperidine rings is 1. The van der Waals surface area contributed by atoms with Crippen molar-refractivity contribution in [3.05, 3.63) is 0 Å². The molecule has 0 aromatic rings. The van der Waals surface area contributed by atoms with Gasteiger partial charge in [-0.25, -0.2) is 0 Å². The van der Waals surface area contributed by atoms with E-state index in [1.807, 2.05) is 0 Å². The first-order valence-electron chi connectivity index (χ1n) is 5.22. The maximum Gasteiger partial charge on any atom is 0.223 e. The van der Waals surface area contributed by atoms with Crippen molar-refractivity contribution in [1.29, 1.82) is 0 Å². The summed E-state index contributed by atoms with van der Waals surface area (Å²) in [5, 5.41) is 6.48. The molecule has 1 aliphatic heterocycles. The van der Waals surface area contributed by atoms with Crippen LogP contribution in [0.5, 0.6) is 0 Å². The molecule has 1 amide bonds. The topological polar surface area (TPSA) is 41.1 Å². The lowest BCUT2D eigenvalue weighted by Crippen LogP contribution is -2.52. The van der Waals surface area contributed by atoms with Crippen LogP contribution in [0.1, 0.15) is 32.6 Å². The van der Waals surface area contributed by atoms with Crippen LogP contribution in [0.2, 0.25) is 0 Å². The fourth-order valence-corrected chi connectivity index (χ4v) is 1.85. The largest absolute Gasteiger partial charge is 0.351 e. The van der Waals surface area contributed by atoms with E-state index in [1.165, 1.54) is 0 Å².